The molecule has 1 aromatic rings. The minimum atomic E-state index is -3.14. The van der Waals surface area contributed by atoms with E-state index in [1.807, 2.05) is 6.92 Å². The van der Waals surface area contributed by atoms with Gasteiger partial charge in [-0.3, -0.25) is 14.6 Å². The second kappa shape index (κ2) is 12.1. The van der Waals surface area contributed by atoms with E-state index in [9.17, 15) is 32.3 Å². The Morgan fingerprint density at radius 1 is 1.27 bits per heavy atom. The first-order valence-electron chi connectivity index (χ1n) is 13.3. The number of carbonyl (C=O) groups excluding carboxylic acids is 2. The van der Waals surface area contributed by atoms with Crippen LogP contribution >= 0.6 is 12.2 Å². The van der Waals surface area contributed by atoms with Crippen LogP contribution in [0.1, 0.15) is 78.4 Å². The zero-order valence-corrected chi connectivity index (χ0v) is 24.3. The molecule has 0 radical (unpaired) electrons. The summed E-state index contributed by atoms with van der Waals surface area (Å²) in [6.45, 7) is 8.32. The maximum absolute atomic E-state index is 14.2. The number of hydrogen-bond acceptors (Lipinski definition) is 7. The molecular formula is C27H37F4N5O3S. The van der Waals surface area contributed by atoms with Gasteiger partial charge in [0.1, 0.15) is 5.82 Å². The number of nitrogens with zero attached hydrogens (tertiary/aromatic N) is 3. The minimum Gasteiger partial charge on any atom is -0.388 e. The van der Waals surface area contributed by atoms with Crippen molar-refractivity contribution in [1.29, 1.82) is 0 Å². The average Bonchev–Trinajstić information content (AvgIpc) is 3.65. The van der Waals surface area contributed by atoms with Crippen LogP contribution in [0.5, 0.6) is 0 Å². The lowest BCUT2D eigenvalue weighted by Crippen LogP contribution is -2.49. The van der Waals surface area contributed by atoms with Gasteiger partial charge in [-0.15, -0.1) is 0 Å². The van der Waals surface area contributed by atoms with Crippen molar-refractivity contribution in [3.63, 3.8) is 0 Å². The Balaban J connectivity index is 1.99. The van der Waals surface area contributed by atoms with E-state index in [1.54, 1.807) is 6.92 Å². The van der Waals surface area contributed by atoms with Crippen LogP contribution in [-0.2, 0) is 9.59 Å². The number of thiocarbonyl (C=S) groups is 1. The van der Waals surface area contributed by atoms with Gasteiger partial charge in [-0.1, -0.05) is 12.2 Å². The molecule has 4 atom stereocenters. The van der Waals surface area contributed by atoms with Gasteiger partial charge in [0, 0.05) is 35.8 Å². The van der Waals surface area contributed by atoms with Crippen molar-refractivity contribution in [3.05, 3.63) is 23.4 Å². The van der Waals surface area contributed by atoms with Crippen molar-refractivity contribution in [2.24, 2.45) is 10.9 Å². The molecule has 2 aliphatic rings. The molecule has 2 amide bonds. The molecule has 1 saturated carbocycles. The third-order valence-corrected chi connectivity index (χ3v) is 7.94. The van der Waals surface area contributed by atoms with Gasteiger partial charge in [0.25, 0.3) is 24.2 Å². The summed E-state index contributed by atoms with van der Waals surface area (Å²) < 4.78 is 56.7. The lowest BCUT2D eigenvalue weighted by Gasteiger charge is -2.27. The number of amides is 2. The highest BCUT2D eigenvalue weighted by atomic mass is 32.1. The number of hydrogen-bond donors (Lipinski definition) is 3. The zero-order chi connectivity index (χ0) is 30.2. The highest BCUT2D eigenvalue weighted by Gasteiger charge is 2.47. The van der Waals surface area contributed by atoms with Gasteiger partial charge < -0.3 is 20.6 Å². The zero-order valence-electron chi connectivity index (χ0n) is 23.5. The molecule has 1 saturated heterocycles. The van der Waals surface area contributed by atoms with Gasteiger partial charge in [0.2, 0.25) is 0 Å². The summed E-state index contributed by atoms with van der Waals surface area (Å²) in [7, 11) is 0. The van der Waals surface area contributed by atoms with Gasteiger partial charge in [-0.25, -0.2) is 22.5 Å². The molecule has 0 spiro atoms. The Labute approximate surface area is 237 Å². The summed E-state index contributed by atoms with van der Waals surface area (Å²) in [6, 6.07) is -2.10. The molecule has 1 unspecified atom stereocenters. The Bertz CT molecular complexity index is 1170. The highest BCUT2D eigenvalue weighted by molar-refractivity contribution is 7.81. The Hall–Kier alpha value is -2.67. The maximum Gasteiger partial charge on any atom is 0.267 e. The van der Waals surface area contributed by atoms with Crippen molar-refractivity contribution < 1.29 is 32.3 Å². The summed E-state index contributed by atoms with van der Waals surface area (Å²) >= 11 is 5.48. The fraction of sp³-hybridized carbons (Fsp3) is 0.667. The van der Waals surface area contributed by atoms with Crippen LogP contribution in [0.15, 0.2) is 17.3 Å². The Kier molecular flexibility index (Phi) is 9.60. The van der Waals surface area contributed by atoms with Crippen LogP contribution in [0.4, 0.5) is 23.4 Å². The van der Waals surface area contributed by atoms with Crippen molar-refractivity contribution >= 4 is 40.4 Å². The van der Waals surface area contributed by atoms with E-state index < -0.39 is 66.4 Å². The van der Waals surface area contributed by atoms with Crippen molar-refractivity contribution in [3.8, 4) is 0 Å². The lowest BCUT2D eigenvalue weighted by molar-refractivity contribution is -0.132. The molecule has 0 bridgehead atoms. The lowest BCUT2D eigenvalue weighted by atomic mass is 10.00. The fourth-order valence-corrected chi connectivity index (χ4v) is 4.78. The summed E-state index contributed by atoms with van der Waals surface area (Å²) in [6.07, 6.45) is -0.368. The molecule has 0 aromatic carbocycles. The number of nitrogens with one attached hydrogen (secondary N) is 2. The van der Waals surface area contributed by atoms with E-state index >= 15 is 0 Å². The summed E-state index contributed by atoms with van der Waals surface area (Å²) in [4.78, 5) is 35.3. The number of carbonyl (C=O) groups is 2. The molecule has 13 heteroatoms. The third-order valence-electron chi connectivity index (χ3n) is 7.49. The molecule has 2 heterocycles. The van der Waals surface area contributed by atoms with E-state index in [1.165, 1.54) is 27.7 Å². The second-order valence-corrected chi connectivity index (χ2v) is 11.9. The van der Waals surface area contributed by atoms with Crippen LogP contribution in [0.3, 0.4) is 0 Å². The first-order valence-corrected chi connectivity index (χ1v) is 13.7. The Morgan fingerprint density at radius 2 is 1.90 bits per heavy atom. The standard InChI is InChI=1S/C27H37F4N5O3S/c1-13-10-27(30,31)12-36(13)25(38)21(34-15(3)24(37)35-16(4)26(5,6)39)22(40)19-11-32-20(9-18(19)23(28)29)33-14(2)17-7-8-17/h9,11,13-14,16-17,21,23,39H,7-8,10,12H2,1-6H3,(H,32,33)(H,35,37)/b34-15+/t13-,14-,16-,21?/m0/s1. The summed E-state index contributed by atoms with van der Waals surface area (Å²) in [5, 5.41) is 15.8. The quantitative estimate of drug-likeness (QED) is 0.154. The highest BCUT2D eigenvalue weighted by Crippen LogP contribution is 2.35. The number of halogens is 4. The molecule has 8 nitrogen and oxygen atoms in total. The molecule has 3 rings (SSSR count). The molecule has 1 aliphatic heterocycles. The first kappa shape index (κ1) is 31.9. The predicted molar refractivity (Wildman–Crippen MR) is 148 cm³/mol. The minimum absolute atomic E-state index is 0.0283. The van der Waals surface area contributed by atoms with Crippen molar-refractivity contribution in [2.75, 3.05) is 11.9 Å². The maximum atomic E-state index is 14.2. The predicted octanol–water partition coefficient (Wildman–Crippen LogP) is 4.31. The van der Waals surface area contributed by atoms with Crippen LogP contribution < -0.4 is 10.6 Å². The van der Waals surface area contributed by atoms with Gasteiger partial charge >= 0.3 is 0 Å². The smallest absolute Gasteiger partial charge is 0.267 e. The number of likely N-dealkylation sites (tertiary alicyclic amines) is 1. The van der Waals surface area contributed by atoms with Gasteiger partial charge in [-0.2, -0.15) is 0 Å². The van der Waals surface area contributed by atoms with Crippen LogP contribution in [0.2, 0.25) is 0 Å². The van der Waals surface area contributed by atoms with Gasteiger partial charge in [0.05, 0.1) is 28.8 Å². The van der Waals surface area contributed by atoms with Crippen LogP contribution in [0, 0.1) is 5.92 Å². The number of aromatic nitrogens is 1. The number of pyridine rings is 1. The monoisotopic (exact) mass is 587 g/mol. The van der Waals surface area contributed by atoms with E-state index in [0.29, 0.717) is 5.92 Å². The van der Waals surface area contributed by atoms with Gasteiger partial charge in [-0.05, 0) is 66.4 Å². The number of aliphatic hydroxyl groups is 1. The third kappa shape index (κ3) is 7.74. The van der Waals surface area contributed by atoms with Crippen LogP contribution in [-0.4, -0.2) is 79.6 Å². The van der Waals surface area contributed by atoms with E-state index in [4.69, 9.17) is 12.2 Å². The summed E-state index contributed by atoms with van der Waals surface area (Å²) in [5.74, 6) is -4.15. The molecule has 222 valence electrons. The number of anilines is 1. The van der Waals surface area contributed by atoms with Crippen LogP contribution in [0.25, 0.3) is 0 Å². The molecule has 40 heavy (non-hydrogen) atoms. The van der Waals surface area contributed by atoms with E-state index in [2.05, 4.69) is 20.6 Å². The van der Waals surface area contributed by atoms with Crippen molar-refractivity contribution in [1.82, 2.24) is 15.2 Å². The SMILES string of the molecule is C/C(=N\C(C(=O)N1CC(F)(F)C[C@@H]1C)C(=S)c1cnc(N[C@@H](C)C2CC2)cc1C(F)F)C(=O)N[C@@H](C)C(C)(C)O. The Morgan fingerprint density at radius 3 is 2.40 bits per heavy atom. The second-order valence-electron chi connectivity index (χ2n) is 11.4. The van der Waals surface area contributed by atoms with E-state index in [-0.39, 0.29) is 28.0 Å². The molecular weight excluding hydrogens is 550 g/mol. The largest absolute Gasteiger partial charge is 0.388 e. The van der Waals surface area contributed by atoms with E-state index in [0.717, 1.165) is 30.0 Å². The number of aliphatic imine (C=N–C) groups is 1. The van der Waals surface area contributed by atoms with Gasteiger partial charge in [0.15, 0.2) is 6.04 Å². The first-order chi connectivity index (χ1) is 18.4. The molecule has 3 N–H and O–H groups in total. The normalized spacial score (nSPS) is 21.6. The molecule has 1 aliphatic carbocycles. The fourth-order valence-electron chi connectivity index (χ4n) is 4.45. The molecule has 1 aromatic heterocycles. The van der Waals surface area contributed by atoms with Crippen molar-refractivity contribution in [2.45, 2.75) is 103 Å². The topological polar surface area (TPSA) is 107 Å². The summed E-state index contributed by atoms with van der Waals surface area (Å²) in [5.41, 5.74) is -2.23. The number of rotatable bonds is 11. The molecule has 2 fully saturated rings. The average molecular weight is 588 g/mol. The number of alkyl halides is 4.